The zero-order valence-electron chi connectivity index (χ0n) is 21.1. The number of hydroxylamine groups is 1. The second kappa shape index (κ2) is 15.2. The van der Waals surface area contributed by atoms with Gasteiger partial charge in [0.1, 0.15) is 5.82 Å². The molecule has 1 unspecified atom stereocenters. The predicted octanol–water partition coefficient (Wildman–Crippen LogP) is 5.49. The minimum atomic E-state index is -0.686. The van der Waals surface area contributed by atoms with Gasteiger partial charge in [0, 0.05) is 49.9 Å². The van der Waals surface area contributed by atoms with E-state index in [9.17, 15) is 9.18 Å². The summed E-state index contributed by atoms with van der Waals surface area (Å²) in [6.45, 7) is 4.63. The number of hydrogen-bond donors (Lipinski definition) is 2. The van der Waals surface area contributed by atoms with Crippen LogP contribution in [-0.4, -0.2) is 53.1 Å². The summed E-state index contributed by atoms with van der Waals surface area (Å²) >= 11 is 0. The average molecular weight is 518 g/mol. The fraction of sp³-hybridized carbons (Fsp3) is 0.667. The number of carbonyl (C=O) groups is 1. The van der Waals surface area contributed by atoms with E-state index in [2.05, 4.69) is 9.80 Å². The van der Waals surface area contributed by atoms with Crippen LogP contribution < -0.4 is 5.48 Å². The van der Waals surface area contributed by atoms with Gasteiger partial charge in [-0.2, -0.15) is 0 Å². The molecule has 3 fully saturated rings. The van der Waals surface area contributed by atoms with Crippen LogP contribution >= 0.6 is 0 Å². The third kappa shape index (κ3) is 8.03. The molecule has 1 aromatic rings. The zero-order valence-corrected chi connectivity index (χ0v) is 22.2. The third-order valence-electron chi connectivity index (χ3n) is 7.98. The smallest absolute Gasteiger partial charge is 0.358 e. The first-order valence-electron chi connectivity index (χ1n) is 12.3. The molecule has 0 spiro atoms. The fourth-order valence-electron chi connectivity index (χ4n) is 6.14. The Bertz CT molecular complexity index is 731. The van der Waals surface area contributed by atoms with Crippen molar-refractivity contribution in [2.75, 3.05) is 26.2 Å². The molecule has 1 atom stereocenters. The van der Waals surface area contributed by atoms with E-state index in [1.165, 1.54) is 70.3 Å². The van der Waals surface area contributed by atoms with Crippen molar-refractivity contribution < 1.29 is 31.5 Å². The first-order valence-corrected chi connectivity index (χ1v) is 12.3. The van der Waals surface area contributed by atoms with Crippen LogP contribution in [0.15, 0.2) is 18.2 Å². The first kappa shape index (κ1) is 31.0. The molecule has 3 aliphatic rings. The maximum atomic E-state index is 14.5. The summed E-state index contributed by atoms with van der Waals surface area (Å²) in [4.78, 5) is 16.5. The number of amides is 1. The van der Waals surface area contributed by atoms with E-state index >= 15 is 0 Å². The summed E-state index contributed by atoms with van der Waals surface area (Å²) < 4.78 is 14.5. The zero-order chi connectivity index (χ0) is 21.6. The number of nitrogens with zero attached hydrogens (tertiary/aromatic N) is 2. The maximum Gasteiger partial charge on any atom is 2.00 e. The van der Waals surface area contributed by atoms with Crippen LogP contribution in [0.25, 0.3) is 0 Å². The molecule has 2 saturated carbocycles. The van der Waals surface area contributed by atoms with E-state index in [0.717, 1.165) is 44.1 Å². The van der Waals surface area contributed by atoms with Crippen molar-refractivity contribution in [1.29, 1.82) is 0 Å². The molecule has 0 bridgehead atoms. The monoisotopic (exact) mass is 517 g/mol. The Hall–Kier alpha value is -0.981. The predicted molar refractivity (Wildman–Crippen MR) is 132 cm³/mol. The molecular weight excluding hydrogens is 473 g/mol. The Morgan fingerprint density at radius 2 is 1.65 bits per heavy atom. The molecule has 34 heavy (non-hydrogen) atoms. The number of hydrogen-bond acceptors (Lipinski definition) is 4. The van der Waals surface area contributed by atoms with E-state index in [0.29, 0.717) is 12.1 Å². The van der Waals surface area contributed by atoms with Crippen LogP contribution in [0.3, 0.4) is 0 Å². The molecule has 4 rings (SSSR count). The van der Waals surface area contributed by atoms with Crippen LogP contribution in [0.4, 0.5) is 4.39 Å². The molecule has 2 aliphatic carbocycles. The van der Waals surface area contributed by atoms with Crippen molar-refractivity contribution in [1.82, 2.24) is 15.3 Å². The van der Waals surface area contributed by atoms with Gasteiger partial charge in [-0.15, -0.1) is 0 Å². The van der Waals surface area contributed by atoms with E-state index in [1.807, 2.05) is 0 Å². The van der Waals surface area contributed by atoms with E-state index in [1.54, 1.807) is 17.6 Å². The van der Waals surface area contributed by atoms with Crippen molar-refractivity contribution in [2.24, 2.45) is 11.8 Å². The van der Waals surface area contributed by atoms with Crippen molar-refractivity contribution >= 4 is 5.91 Å². The SMILES string of the molecule is O=C(NO)c1ccc(CN2CCN(C(CCC3CCCC3)C3CCCC3)CC2)c(F)c1.[CH3-].[CH3-].[Fe+2]. The summed E-state index contributed by atoms with van der Waals surface area (Å²) in [6.07, 6.45) is 14.1. The summed E-state index contributed by atoms with van der Waals surface area (Å²) in [5.41, 5.74) is 2.30. The molecule has 2 N–H and O–H groups in total. The summed E-state index contributed by atoms with van der Waals surface area (Å²) in [5.74, 6) is 0.762. The van der Waals surface area contributed by atoms with Crippen molar-refractivity contribution in [3.8, 4) is 0 Å². The number of carbonyl (C=O) groups excluding carboxylic acids is 1. The second-order valence-electron chi connectivity index (χ2n) is 9.90. The topological polar surface area (TPSA) is 55.8 Å². The number of rotatable bonds is 8. The molecule has 194 valence electrons. The Labute approximate surface area is 217 Å². The maximum absolute atomic E-state index is 14.5. The van der Waals surface area contributed by atoms with Crippen molar-refractivity contribution in [3.63, 3.8) is 0 Å². The van der Waals surface area contributed by atoms with E-state index in [-0.39, 0.29) is 43.3 Å². The molecule has 1 aromatic carbocycles. The molecule has 7 heteroatoms. The number of halogens is 1. The normalized spacial score (nSPS) is 20.8. The van der Waals surface area contributed by atoms with Gasteiger partial charge in [-0.25, -0.2) is 9.87 Å². The molecule has 0 aromatic heterocycles. The molecule has 0 radical (unpaired) electrons. The largest absolute Gasteiger partial charge is 2.00 e. The van der Waals surface area contributed by atoms with Gasteiger partial charge in [-0.3, -0.25) is 19.8 Å². The number of piperazine rings is 1. The minimum absolute atomic E-state index is 0. The molecule has 1 heterocycles. The van der Waals surface area contributed by atoms with Gasteiger partial charge in [0.25, 0.3) is 5.91 Å². The molecule has 1 aliphatic heterocycles. The van der Waals surface area contributed by atoms with Gasteiger partial charge in [0.15, 0.2) is 0 Å². The molecule has 1 amide bonds. The summed E-state index contributed by atoms with van der Waals surface area (Å²) in [7, 11) is 0. The third-order valence-corrected chi connectivity index (χ3v) is 7.98. The van der Waals surface area contributed by atoms with Crippen LogP contribution in [0.2, 0.25) is 0 Å². The molecular formula is C27H44FFeN3O2. The number of nitrogens with one attached hydrogen (secondary N) is 1. The van der Waals surface area contributed by atoms with Gasteiger partial charge in [-0.1, -0.05) is 44.6 Å². The van der Waals surface area contributed by atoms with E-state index < -0.39 is 5.91 Å². The van der Waals surface area contributed by atoms with Gasteiger partial charge in [0.05, 0.1) is 0 Å². The van der Waals surface area contributed by atoms with Crippen molar-refractivity contribution in [3.05, 3.63) is 50.0 Å². The van der Waals surface area contributed by atoms with Crippen molar-refractivity contribution in [2.45, 2.75) is 76.8 Å². The number of benzene rings is 1. The molecule has 1 saturated heterocycles. The average Bonchev–Trinajstić information content (AvgIpc) is 3.50. The first-order chi connectivity index (χ1) is 15.1. The van der Waals surface area contributed by atoms with Crippen LogP contribution in [-0.2, 0) is 23.6 Å². The van der Waals surface area contributed by atoms with Crippen LogP contribution in [0.1, 0.15) is 80.1 Å². The van der Waals surface area contributed by atoms with Gasteiger partial charge in [0.2, 0.25) is 0 Å². The molecule has 5 nitrogen and oxygen atoms in total. The standard InChI is InChI=1S/C25H38FN3O2.2CH3.Fe/c26-23-17-21(25(30)27-31)10-11-22(23)18-28-13-15-29(16-14-28)24(20-7-3-4-8-20)12-9-19-5-1-2-6-19;;;/h10-11,17,19-20,24,31H,1-9,12-16,18H2,(H,27,30);2*1H3;/q;2*-1;+2. The van der Waals surface area contributed by atoms with Gasteiger partial charge < -0.3 is 14.9 Å². The minimum Gasteiger partial charge on any atom is -0.358 e. The van der Waals surface area contributed by atoms with Gasteiger partial charge >= 0.3 is 17.1 Å². The quantitative estimate of drug-likeness (QED) is 0.207. The van der Waals surface area contributed by atoms with E-state index in [4.69, 9.17) is 5.21 Å². The van der Waals surface area contributed by atoms with Crippen LogP contribution in [0, 0.1) is 32.5 Å². The summed E-state index contributed by atoms with van der Waals surface area (Å²) in [6, 6.07) is 5.17. The Morgan fingerprint density at radius 1 is 1.03 bits per heavy atom. The van der Waals surface area contributed by atoms with Gasteiger partial charge in [-0.05, 0) is 49.7 Å². The van der Waals surface area contributed by atoms with Crippen LogP contribution in [0.5, 0.6) is 0 Å². The fourth-order valence-corrected chi connectivity index (χ4v) is 6.14. The Balaban J connectivity index is 0.00000193. The Morgan fingerprint density at radius 3 is 2.24 bits per heavy atom. The second-order valence-corrected chi connectivity index (χ2v) is 9.90. The summed E-state index contributed by atoms with van der Waals surface area (Å²) in [5, 5.41) is 8.72. The Kier molecular flexibility index (Phi) is 13.9.